The summed E-state index contributed by atoms with van der Waals surface area (Å²) in [6.45, 7) is 3.61. The van der Waals surface area contributed by atoms with Crippen molar-refractivity contribution >= 4 is 39.6 Å². The zero-order valence-corrected chi connectivity index (χ0v) is 20.9. The van der Waals surface area contributed by atoms with Crippen molar-refractivity contribution in [3.8, 4) is 11.4 Å². The van der Waals surface area contributed by atoms with Gasteiger partial charge in [0.1, 0.15) is 11.6 Å². The third kappa shape index (κ3) is 4.13. The minimum Gasteiger partial charge on any atom is -0.373 e. The molecule has 2 bridgehead atoms. The zero-order chi connectivity index (χ0) is 25.1. The summed E-state index contributed by atoms with van der Waals surface area (Å²) in [7, 11) is 3.98. The molecule has 0 spiro atoms. The number of anilines is 3. The average molecular weight is 500 g/mol. The van der Waals surface area contributed by atoms with Crippen LogP contribution in [0.4, 0.5) is 17.3 Å². The van der Waals surface area contributed by atoms with Gasteiger partial charge in [-0.1, -0.05) is 0 Å². The van der Waals surface area contributed by atoms with Crippen LogP contribution in [0, 0.1) is 5.92 Å². The highest BCUT2D eigenvalue weighted by Crippen LogP contribution is 2.33. The van der Waals surface area contributed by atoms with E-state index in [1.165, 1.54) is 0 Å². The summed E-state index contributed by atoms with van der Waals surface area (Å²) in [5.41, 5.74) is 2.65. The van der Waals surface area contributed by atoms with E-state index >= 15 is 0 Å². The molecule has 11 heteroatoms. The first-order valence-corrected chi connectivity index (χ1v) is 12.8. The molecule has 2 saturated heterocycles. The Labute approximate surface area is 213 Å². The first-order valence-electron chi connectivity index (χ1n) is 12.8. The van der Waals surface area contributed by atoms with Gasteiger partial charge in [0.15, 0.2) is 11.5 Å². The monoisotopic (exact) mass is 499 g/mol. The van der Waals surface area contributed by atoms with Crippen LogP contribution in [0.15, 0.2) is 36.8 Å². The van der Waals surface area contributed by atoms with Crippen LogP contribution in [0.25, 0.3) is 27.8 Å². The fraction of sp³-hybridized carbons (Fsp3) is 0.423. The quantitative estimate of drug-likeness (QED) is 0.427. The van der Waals surface area contributed by atoms with Crippen LogP contribution in [0.5, 0.6) is 0 Å². The number of rotatable bonds is 5. The maximum atomic E-state index is 12.3. The molecule has 7 rings (SSSR count). The molecule has 0 radical (unpaired) electrons. The molecule has 1 saturated carbocycles. The Morgan fingerprint density at radius 2 is 1.86 bits per heavy atom. The second-order valence-corrected chi connectivity index (χ2v) is 10.3. The molecule has 2 unspecified atom stereocenters. The van der Waals surface area contributed by atoms with Gasteiger partial charge in [-0.3, -0.25) is 4.79 Å². The normalized spacial score (nSPS) is 21.9. The van der Waals surface area contributed by atoms with Crippen LogP contribution in [0.1, 0.15) is 12.8 Å². The Balaban J connectivity index is 1.24. The maximum absolute atomic E-state index is 12.3. The van der Waals surface area contributed by atoms with E-state index in [1.807, 2.05) is 29.9 Å². The smallest absolute Gasteiger partial charge is 0.228 e. The van der Waals surface area contributed by atoms with Crippen molar-refractivity contribution in [1.82, 2.24) is 29.5 Å². The third-order valence-electron chi connectivity index (χ3n) is 7.39. The van der Waals surface area contributed by atoms with Crippen molar-refractivity contribution in [2.45, 2.75) is 25.0 Å². The lowest BCUT2D eigenvalue weighted by Gasteiger charge is -2.45. The number of likely N-dealkylation sites (N-methyl/N-ethyl adjacent to an activating group) is 1. The van der Waals surface area contributed by atoms with Gasteiger partial charge in [-0.15, -0.1) is 5.10 Å². The Kier molecular flexibility index (Phi) is 5.22. The molecule has 2 N–H and O–H groups in total. The molecule has 2 aliphatic heterocycles. The Morgan fingerprint density at radius 3 is 2.62 bits per heavy atom. The van der Waals surface area contributed by atoms with Gasteiger partial charge >= 0.3 is 0 Å². The summed E-state index contributed by atoms with van der Waals surface area (Å²) in [5, 5.41) is 12.6. The van der Waals surface area contributed by atoms with Gasteiger partial charge in [-0.25, -0.2) is 19.5 Å². The number of ether oxygens (including phenoxy) is 1. The number of nitrogens with one attached hydrogen (secondary N) is 2. The Hall–Kier alpha value is -3.83. The molecule has 1 amide bonds. The van der Waals surface area contributed by atoms with E-state index in [0.29, 0.717) is 17.5 Å². The molecule has 4 aromatic rings. The van der Waals surface area contributed by atoms with Gasteiger partial charge in [0.2, 0.25) is 5.91 Å². The van der Waals surface area contributed by atoms with Gasteiger partial charge in [-0.05, 0) is 38.1 Å². The highest BCUT2D eigenvalue weighted by molar-refractivity contribution is 6.03. The predicted octanol–water partition coefficient (Wildman–Crippen LogP) is 2.25. The van der Waals surface area contributed by atoms with E-state index < -0.39 is 0 Å². The first kappa shape index (κ1) is 22.4. The molecule has 1 aliphatic carbocycles. The highest BCUT2D eigenvalue weighted by atomic mass is 16.5. The summed E-state index contributed by atoms with van der Waals surface area (Å²) in [4.78, 5) is 30.9. The number of carbonyl (C=O) groups is 1. The van der Waals surface area contributed by atoms with Crippen LogP contribution in [0.3, 0.4) is 0 Å². The number of amides is 1. The van der Waals surface area contributed by atoms with Gasteiger partial charge < -0.3 is 25.2 Å². The largest absolute Gasteiger partial charge is 0.373 e. The number of pyridine rings is 3. The van der Waals surface area contributed by atoms with Gasteiger partial charge in [-0.2, -0.15) is 0 Å². The minimum atomic E-state index is 0.0218. The zero-order valence-electron chi connectivity index (χ0n) is 20.9. The third-order valence-corrected chi connectivity index (χ3v) is 7.39. The fourth-order valence-corrected chi connectivity index (χ4v) is 5.43. The topological polar surface area (TPSA) is 113 Å². The molecule has 190 valence electrons. The molecular formula is C26H29N9O2. The van der Waals surface area contributed by atoms with E-state index in [1.54, 1.807) is 12.4 Å². The summed E-state index contributed by atoms with van der Waals surface area (Å²) in [5.74, 6) is 1.93. The summed E-state index contributed by atoms with van der Waals surface area (Å²) in [6, 6.07) is 5.99. The Morgan fingerprint density at radius 1 is 1.05 bits per heavy atom. The van der Waals surface area contributed by atoms with Crippen molar-refractivity contribution in [1.29, 1.82) is 0 Å². The van der Waals surface area contributed by atoms with Crippen molar-refractivity contribution in [3.05, 3.63) is 36.8 Å². The second kappa shape index (κ2) is 8.63. The number of hydrogen-bond donors (Lipinski definition) is 2. The SMILES string of the molecule is CNc1ncc(-c2nc3ccc(N4CC5CN(C)CC(C4)O5)cn3n2)c2cc(NC(=O)C3CC3)ncc12. The number of aromatic nitrogens is 5. The molecule has 4 aromatic heterocycles. The van der Waals surface area contributed by atoms with Gasteiger partial charge in [0.25, 0.3) is 0 Å². The van der Waals surface area contributed by atoms with Crippen LogP contribution < -0.4 is 15.5 Å². The minimum absolute atomic E-state index is 0.0218. The van der Waals surface area contributed by atoms with Gasteiger partial charge in [0, 0.05) is 67.9 Å². The lowest BCUT2D eigenvalue weighted by atomic mass is 10.1. The number of nitrogens with zero attached hydrogens (tertiary/aromatic N) is 7. The molecule has 0 aromatic carbocycles. The average Bonchev–Trinajstić information content (AvgIpc) is 3.66. The fourth-order valence-electron chi connectivity index (χ4n) is 5.43. The lowest BCUT2D eigenvalue weighted by Crippen LogP contribution is -2.58. The van der Waals surface area contributed by atoms with Crippen molar-refractivity contribution < 1.29 is 9.53 Å². The van der Waals surface area contributed by atoms with Crippen molar-refractivity contribution in [2.24, 2.45) is 5.92 Å². The predicted molar refractivity (Wildman–Crippen MR) is 141 cm³/mol. The Bertz CT molecular complexity index is 1500. The van der Waals surface area contributed by atoms with Gasteiger partial charge in [0.05, 0.1) is 24.1 Å². The first-order chi connectivity index (χ1) is 18.0. The number of fused-ring (bicyclic) bond motifs is 4. The van der Waals surface area contributed by atoms with E-state index in [4.69, 9.17) is 14.8 Å². The van der Waals surface area contributed by atoms with E-state index in [9.17, 15) is 4.79 Å². The van der Waals surface area contributed by atoms with Crippen LogP contribution >= 0.6 is 0 Å². The summed E-state index contributed by atoms with van der Waals surface area (Å²) in [6.07, 6.45) is 7.85. The molecule has 2 atom stereocenters. The summed E-state index contributed by atoms with van der Waals surface area (Å²) < 4.78 is 7.97. The standard InChI is InChI=1S/C26H29N9O2/c1-27-24-20-8-28-22(30-26(36)15-3-4-15)7-19(20)21(9-29-24)25-31-23-6-5-16(10-35(23)32-25)34-13-17-11-33(2)12-18(14-34)37-17/h5-10,15,17-18H,3-4,11-14H2,1-2H3,(H,27,29)(H,28,30,36). The van der Waals surface area contributed by atoms with E-state index in [2.05, 4.69) is 43.5 Å². The maximum Gasteiger partial charge on any atom is 0.228 e. The molecule has 6 heterocycles. The van der Waals surface area contributed by atoms with Crippen LogP contribution in [0.2, 0.25) is 0 Å². The van der Waals surface area contributed by atoms with E-state index in [-0.39, 0.29) is 24.0 Å². The van der Waals surface area contributed by atoms with Crippen LogP contribution in [-0.2, 0) is 9.53 Å². The van der Waals surface area contributed by atoms with Crippen LogP contribution in [-0.4, -0.2) is 87.9 Å². The second-order valence-electron chi connectivity index (χ2n) is 10.3. The molecule has 3 aliphatic rings. The van der Waals surface area contributed by atoms with Crippen molar-refractivity contribution in [3.63, 3.8) is 0 Å². The molecule has 37 heavy (non-hydrogen) atoms. The van der Waals surface area contributed by atoms with E-state index in [0.717, 1.165) is 66.7 Å². The summed E-state index contributed by atoms with van der Waals surface area (Å²) >= 11 is 0. The number of morpholine rings is 2. The lowest BCUT2D eigenvalue weighted by molar-refractivity contribution is -0.117. The molecule has 11 nitrogen and oxygen atoms in total. The number of carbonyl (C=O) groups excluding carboxylic acids is 1. The number of hydrogen-bond acceptors (Lipinski definition) is 9. The van der Waals surface area contributed by atoms with Crippen molar-refractivity contribution in [2.75, 3.05) is 55.8 Å². The highest BCUT2D eigenvalue weighted by Gasteiger charge is 2.34. The molecule has 3 fully saturated rings. The molecular weight excluding hydrogens is 470 g/mol.